The van der Waals surface area contributed by atoms with Gasteiger partial charge in [-0.15, -0.1) is 0 Å². The van der Waals surface area contributed by atoms with Gasteiger partial charge in [0.2, 0.25) is 7.11 Å². The maximum Gasteiger partial charge on any atom is 0.213 e. The first-order chi connectivity index (χ1) is 43.4. The monoisotopic (exact) mass is 1370 g/mol. The van der Waals surface area contributed by atoms with Crippen LogP contribution in [-0.2, 0) is 98.8 Å². The van der Waals surface area contributed by atoms with Gasteiger partial charge in [0.25, 0.3) is 0 Å². The number of halogens is 2. The van der Waals surface area contributed by atoms with Gasteiger partial charge in [-0.3, -0.25) is 0 Å². The van der Waals surface area contributed by atoms with E-state index in [1.807, 2.05) is 12.1 Å². The fourth-order valence-corrected chi connectivity index (χ4v) is 9.91. The van der Waals surface area contributed by atoms with Crippen molar-refractivity contribution in [3.8, 4) is 34.1 Å². The van der Waals surface area contributed by atoms with Crippen LogP contribution in [0.25, 0.3) is 11.1 Å². The van der Waals surface area contributed by atoms with E-state index in [-0.39, 0.29) is 0 Å². The largest absolute Gasteiger partial charge is 0.491 e. The number of hydrogen-bond donors (Lipinski definition) is 0. The minimum absolute atomic E-state index is 0.307. The lowest BCUT2D eigenvalue weighted by Crippen LogP contribution is -2.31. The van der Waals surface area contributed by atoms with E-state index in [0.29, 0.717) is 260 Å². The van der Waals surface area contributed by atoms with Crippen molar-refractivity contribution in [3.63, 3.8) is 0 Å². The fourth-order valence-electron chi connectivity index (χ4n) is 9.18. The zero-order valence-corrected chi connectivity index (χ0v) is 55.1. The molecular formula is C65H95Br2O21+. The third-order valence-electron chi connectivity index (χ3n) is 13.2. The van der Waals surface area contributed by atoms with E-state index >= 15 is 0 Å². The third-order valence-corrected chi connectivity index (χ3v) is 14.2. The molecule has 0 bridgehead atoms. The van der Waals surface area contributed by atoms with Crippen LogP contribution in [0, 0.1) is 7.11 Å². The minimum Gasteiger partial charge on any atom is -0.491 e. The Labute approximate surface area is 538 Å². The lowest BCUT2D eigenvalue weighted by atomic mass is 9.69. The molecule has 0 aromatic heterocycles. The first-order valence-corrected chi connectivity index (χ1v) is 31.7. The lowest BCUT2D eigenvalue weighted by molar-refractivity contribution is -0.0273. The summed E-state index contributed by atoms with van der Waals surface area (Å²) in [7, 11) is 8.37. The fraction of sp³-hybridized carbons (Fsp3) is 0.615. The minimum atomic E-state index is -0.601. The second kappa shape index (κ2) is 48.9. The molecule has 0 N–H and O–H groups in total. The van der Waals surface area contributed by atoms with Crippen molar-refractivity contribution < 1.29 is 99.5 Å². The van der Waals surface area contributed by atoms with Crippen LogP contribution in [0.5, 0.6) is 23.0 Å². The Balaban J connectivity index is 1.07. The molecule has 4 aromatic rings. The van der Waals surface area contributed by atoms with Crippen LogP contribution in [0.4, 0.5) is 0 Å². The predicted octanol–water partition coefficient (Wildman–Crippen LogP) is 8.44. The maximum absolute atomic E-state index is 6.44. The smallest absolute Gasteiger partial charge is 0.213 e. The molecule has 0 radical (unpaired) electrons. The summed E-state index contributed by atoms with van der Waals surface area (Å²) in [6.45, 7) is 15.3. The highest BCUT2D eigenvalue weighted by molar-refractivity contribution is 9.10. The highest BCUT2D eigenvalue weighted by Gasteiger charge is 2.44. The van der Waals surface area contributed by atoms with Crippen LogP contribution in [0.3, 0.4) is 0 Å². The summed E-state index contributed by atoms with van der Waals surface area (Å²) in [6.07, 6.45) is 1.16. The van der Waals surface area contributed by atoms with E-state index in [4.69, 9.17) is 99.5 Å². The van der Waals surface area contributed by atoms with Crippen molar-refractivity contribution in [2.45, 2.75) is 18.3 Å². The van der Waals surface area contributed by atoms with Gasteiger partial charge in [-0.2, -0.15) is 4.74 Å². The molecule has 0 aliphatic heterocycles. The van der Waals surface area contributed by atoms with Crippen molar-refractivity contribution in [2.24, 2.45) is 0 Å². The summed E-state index contributed by atoms with van der Waals surface area (Å²) in [5, 5.41) is 0. The summed E-state index contributed by atoms with van der Waals surface area (Å²) in [4.78, 5) is 0. The molecule has 4 aromatic carbocycles. The van der Waals surface area contributed by atoms with Gasteiger partial charge in [0.1, 0.15) is 56.0 Å². The molecule has 0 spiro atoms. The molecule has 0 heterocycles. The SMILES string of the molecule is [CH2+]OCCOCCOc1cc(CC2(Cc3cc(OCCOCCOC)cc(OCCOCCOCCOCCOCCOCCOCCOCCOCCOCCOCCOC)c3)c3cc(Br)ccc3-c3ccc(Br)cc32)cc(OCCOCCOC)c1. The topological polar surface area (TPSA) is 194 Å². The summed E-state index contributed by atoms with van der Waals surface area (Å²) >= 11 is 7.69. The van der Waals surface area contributed by atoms with Crippen molar-refractivity contribution in [1.29, 1.82) is 0 Å². The first kappa shape index (κ1) is 75.0. The third kappa shape index (κ3) is 31.5. The number of methoxy groups -OCH3 is 3. The molecule has 494 valence electrons. The molecule has 1 aliphatic carbocycles. The van der Waals surface area contributed by atoms with Crippen LogP contribution < -0.4 is 18.9 Å². The Morgan fingerprint density at radius 2 is 0.511 bits per heavy atom. The molecule has 21 nitrogen and oxygen atoms in total. The number of ether oxygens (including phenoxy) is 21. The Bertz CT molecular complexity index is 2300. The average Bonchev–Trinajstić information content (AvgIpc) is 1.66. The zero-order valence-electron chi connectivity index (χ0n) is 51.9. The maximum atomic E-state index is 6.44. The van der Waals surface area contributed by atoms with Gasteiger partial charge in [0.15, 0.2) is 0 Å². The summed E-state index contributed by atoms with van der Waals surface area (Å²) in [5.41, 5.74) is 6.09. The van der Waals surface area contributed by atoms with E-state index in [1.165, 1.54) is 11.1 Å². The molecule has 0 fully saturated rings. The van der Waals surface area contributed by atoms with Crippen LogP contribution >= 0.6 is 31.9 Å². The Kier molecular flexibility index (Phi) is 41.7. The normalized spacial score (nSPS) is 12.4. The van der Waals surface area contributed by atoms with Crippen molar-refractivity contribution in [3.05, 3.63) is 111 Å². The summed E-state index contributed by atoms with van der Waals surface area (Å²) in [5.74, 6) is 2.63. The number of hydrogen-bond acceptors (Lipinski definition) is 21. The zero-order chi connectivity index (χ0) is 62.2. The molecule has 0 unspecified atom stereocenters. The van der Waals surface area contributed by atoms with Gasteiger partial charge in [0, 0.05) is 47.8 Å². The van der Waals surface area contributed by atoms with E-state index in [1.54, 1.807) is 21.3 Å². The van der Waals surface area contributed by atoms with Crippen LogP contribution in [0.2, 0.25) is 0 Å². The van der Waals surface area contributed by atoms with Gasteiger partial charge >= 0.3 is 0 Å². The average molecular weight is 1370 g/mol. The number of benzene rings is 4. The molecule has 0 atom stereocenters. The quantitative estimate of drug-likeness (QED) is 0.0302. The first-order valence-electron chi connectivity index (χ1n) is 30.1. The van der Waals surface area contributed by atoms with Crippen molar-refractivity contribution in [2.75, 3.05) is 246 Å². The molecule has 0 saturated heterocycles. The van der Waals surface area contributed by atoms with Crippen LogP contribution in [0.15, 0.2) is 81.7 Å². The van der Waals surface area contributed by atoms with Crippen LogP contribution in [0.1, 0.15) is 22.3 Å². The summed E-state index contributed by atoms with van der Waals surface area (Å²) in [6, 6.07) is 25.3. The molecule has 0 saturated carbocycles. The van der Waals surface area contributed by atoms with E-state index < -0.39 is 5.41 Å². The number of fused-ring (bicyclic) bond motifs is 3. The van der Waals surface area contributed by atoms with Gasteiger partial charge in [-0.25, -0.2) is 0 Å². The Morgan fingerprint density at radius 3 is 0.750 bits per heavy atom. The van der Waals surface area contributed by atoms with Gasteiger partial charge in [-0.1, -0.05) is 44.0 Å². The van der Waals surface area contributed by atoms with Gasteiger partial charge in [-0.05, 0) is 94.8 Å². The van der Waals surface area contributed by atoms with Crippen molar-refractivity contribution >= 4 is 31.9 Å². The molecular weight excluding hydrogens is 1280 g/mol. The van der Waals surface area contributed by atoms with Crippen molar-refractivity contribution in [1.82, 2.24) is 0 Å². The highest BCUT2D eigenvalue weighted by atomic mass is 79.9. The second-order valence-corrected chi connectivity index (χ2v) is 21.5. The van der Waals surface area contributed by atoms with E-state index in [9.17, 15) is 0 Å². The van der Waals surface area contributed by atoms with Gasteiger partial charge < -0.3 is 94.7 Å². The second-order valence-electron chi connectivity index (χ2n) is 19.7. The predicted molar refractivity (Wildman–Crippen MR) is 338 cm³/mol. The van der Waals surface area contributed by atoms with E-state index in [0.717, 1.165) is 31.2 Å². The van der Waals surface area contributed by atoms with Crippen LogP contribution in [-0.4, -0.2) is 246 Å². The van der Waals surface area contributed by atoms with E-state index in [2.05, 4.69) is 99.6 Å². The summed E-state index contributed by atoms with van der Waals surface area (Å²) < 4.78 is 121. The molecule has 1 aliphatic rings. The standard InChI is InChI=1S/C65H95Br2O21/c1-68-9-13-72-17-18-76-19-20-77-21-22-78-23-24-79-25-26-80-27-28-81-29-30-82-31-32-83-33-34-84-38-42-88-60-46-54(45-59(50-60)87-41-37-75-16-12-71-4)52-65(63-47-55(66)5-7-61(63)62-8-6-56(67)48-64(62)65)51-53-43-57(85-39-35-73-14-10-69-2)49-58(44-53)86-40-36-74-15-11-70-3/h5-8,43-50H,2,9-42,51-52H2,1,3-4H3/q+1. The molecule has 88 heavy (non-hydrogen) atoms. The lowest BCUT2D eigenvalue weighted by Gasteiger charge is -2.33. The van der Waals surface area contributed by atoms with Gasteiger partial charge in [0.05, 0.1) is 192 Å². The Morgan fingerprint density at radius 1 is 0.284 bits per heavy atom. The highest BCUT2D eigenvalue weighted by Crippen LogP contribution is 2.54. The molecule has 0 amide bonds. The number of rotatable bonds is 59. The molecule has 23 heteroatoms. The molecule has 5 rings (SSSR count). The Hall–Kier alpha value is -3.77.